The molecule has 0 unspecified atom stereocenters. The summed E-state index contributed by atoms with van der Waals surface area (Å²) in [5.41, 5.74) is -0.545. The van der Waals surface area contributed by atoms with Gasteiger partial charge in [0.25, 0.3) is 0 Å². The molecule has 1 fully saturated rings. The Morgan fingerprint density at radius 2 is 1.90 bits per heavy atom. The summed E-state index contributed by atoms with van der Waals surface area (Å²) in [6.07, 6.45) is 0.692. The van der Waals surface area contributed by atoms with Crippen molar-refractivity contribution in [2.45, 2.75) is 51.6 Å². The van der Waals surface area contributed by atoms with Crippen molar-refractivity contribution in [2.75, 3.05) is 5.32 Å². The van der Waals surface area contributed by atoms with Gasteiger partial charge in [0.1, 0.15) is 17.2 Å². The monoisotopic (exact) mass is 293 g/mol. The van der Waals surface area contributed by atoms with Gasteiger partial charge in [-0.3, -0.25) is 10.1 Å². The number of carbonyl (C=O) groups is 2. The van der Waals surface area contributed by atoms with Crippen LogP contribution < -0.4 is 5.32 Å². The zero-order valence-electron chi connectivity index (χ0n) is 12.7. The van der Waals surface area contributed by atoms with Crippen molar-refractivity contribution < 1.29 is 18.7 Å². The molecule has 21 heavy (non-hydrogen) atoms. The van der Waals surface area contributed by atoms with E-state index >= 15 is 0 Å². The van der Waals surface area contributed by atoms with Gasteiger partial charge in [0.15, 0.2) is 0 Å². The van der Waals surface area contributed by atoms with E-state index in [9.17, 15) is 14.0 Å². The molecule has 114 valence electrons. The Labute approximate surface area is 123 Å². The van der Waals surface area contributed by atoms with Crippen molar-refractivity contribution in [1.29, 1.82) is 0 Å². The number of amides is 1. The molecule has 0 radical (unpaired) electrons. The second-order valence-corrected chi connectivity index (χ2v) is 6.46. The minimum Gasteiger partial charge on any atom is -0.444 e. The maximum Gasteiger partial charge on any atom is 0.412 e. The molecular weight excluding hydrogens is 273 g/mol. The number of anilines is 1. The number of nitrogens with one attached hydrogen (secondary N) is 1. The molecule has 1 aliphatic rings. The fraction of sp³-hybridized carbons (Fsp3) is 0.500. The summed E-state index contributed by atoms with van der Waals surface area (Å²) in [5.74, 6) is -0.465. The van der Waals surface area contributed by atoms with Gasteiger partial charge >= 0.3 is 6.09 Å². The van der Waals surface area contributed by atoms with Crippen LogP contribution in [0.1, 0.15) is 46.1 Å². The lowest BCUT2D eigenvalue weighted by Crippen LogP contribution is -2.27. The zero-order chi connectivity index (χ0) is 15.8. The molecule has 0 saturated heterocycles. The van der Waals surface area contributed by atoms with Crippen LogP contribution in [0.15, 0.2) is 18.2 Å². The smallest absolute Gasteiger partial charge is 0.412 e. The van der Waals surface area contributed by atoms with Crippen molar-refractivity contribution in [3.63, 3.8) is 0 Å². The second-order valence-electron chi connectivity index (χ2n) is 6.46. The standard InChI is InChI=1S/C16H20FNO3/c1-10(19)16(7-8-16)12-9-11(5-6-13(12)17)18-14(20)21-15(2,3)4/h5-6,9H,7-8H2,1-4H3,(H,18,20). The molecule has 1 N–H and O–H groups in total. The van der Waals surface area contributed by atoms with E-state index in [1.165, 1.54) is 25.1 Å². The average molecular weight is 293 g/mol. The van der Waals surface area contributed by atoms with Gasteiger partial charge in [-0.05, 0) is 58.7 Å². The van der Waals surface area contributed by atoms with Gasteiger partial charge in [-0.1, -0.05) is 0 Å². The van der Waals surface area contributed by atoms with Crippen LogP contribution in [-0.4, -0.2) is 17.5 Å². The normalized spacial score (nSPS) is 16.2. The summed E-state index contributed by atoms with van der Waals surface area (Å²) in [7, 11) is 0. The summed E-state index contributed by atoms with van der Waals surface area (Å²) in [6.45, 7) is 6.76. The molecule has 1 saturated carbocycles. The first-order valence-electron chi connectivity index (χ1n) is 6.95. The third-order valence-corrected chi connectivity index (χ3v) is 3.55. The van der Waals surface area contributed by atoms with Crippen LogP contribution in [0.3, 0.4) is 0 Å². The van der Waals surface area contributed by atoms with Crippen LogP contribution >= 0.6 is 0 Å². The van der Waals surface area contributed by atoms with Gasteiger partial charge in [-0.25, -0.2) is 9.18 Å². The Bertz CT molecular complexity index is 586. The number of halogens is 1. The molecule has 1 aromatic rings. The predicted molar refractivity (Wildman–Crippen MR) is 77.8 cm³/mol. The van der Waals surface area contributed by atoms with Crippen molar-refractivity contribution >= 4 is 17.6 Å². The predicted octanol–water partition coefficient (Wildman–Crippen LogP) is 3.79. The van der Waals surface area contributed by atoms with Crippen LogP contribution in [0.5, 0.6) is 0 Å². The largest absolute Gasteiger partial charge is 0.444 e. The van der Waals surface area contributed by atoms with E-state index in [1.807, 2.05) is 0 Å². The Kier molecular flexibility index (Phi) is 3.78. The SMILES string of the molecule is CC(=O)C1(c2cc(NC(=O)OC(C)(C)C)ccc2F)CC1. The Balaban J connectivity index is 2.20. The zero-order valence-corrected chi connectivity index (χ0v) is 12.7. The third kappa shape index (κ3) is 3.40. The van der Waals surface area contributed by atoms with Crippen LogP contribution in [0.2, 0.25) is 0 Å². The molecule has 0 heterocycles. The summed E-state index contributed by atoms with van der Waals surface area (Å²) in [5, 5.41) is 2.57. The van der Waals surface area contributed by atoms with E-state index in [0.29, 0.717) is 24.1 Å². The lowest BCUT2D eigenvalue weighted by atomic mass is 9.91. The highest BCUT2D eigenvalue weighted by atomic mass is 19.1. The molecule has 2 rings (SSSR count). The minimum absolute atomic E-state index is 0.0455. The van der Waals surface area contributed by atoms with E-state index in [2.05, 4.69) is 5.32 Å². The molecule has 0 aromatic heterocycles. The molecule has 1 aromatic carbocycles. The summed E-state index contributed by atoms with van der Waals surface area (Å²) < 4.78 is 19.1. The topological polar surface area (TPSA) is 55.4 Å². The molecule has 0 atom stereocenters. The third-order valence-electron chi connectivity index (χ3n) is 3.55. The Hall–Kier alpha value is -1.91. The minimum atomic E-state index is -0.713. The lowest BCUT2D eigenvalue weighted by Gasteiger charge is -2.20. The highest BCUT2D eigenvalue weighted by Gasteiger charge is 2.50. The van der Waals surface area contributed by atoms with Crippen LogP contribution in [0, 0.1) is 5.82 Å². The second kappa shape index (κ2) is 5.13. The number of benzene rings is 1. The number of rotatable bonds is 3. The van der Waals surface area contributed by atoms with Crippen molar-refractivity contribution in [1.82, 2.24) is 0 Å². The number of hydrogen-bond donors (Lipinski definition) is 1. The number of ether oxygens (including phenoxy) is 1. The summed E-state index contributed by atoms with van der Waals surface area (Å²) in [6, 6.07) is 4.25. The summed E-state index contributed by atoms with van der Waals surface area (Å²) >= 11 is 0. The number of carbonyl (C=O) groups excluding carboxylic acids is 2. The fourth-order valence-electron chi connectivity index (χ4n) is 2.33. The van der Waals surface area contributed by atoms with E-state index in [-0.39, 0.29) is 5.78 Å². The molecule has 1 amide bonds. The maximum absolute atomic E-state index is 14.0. The van der Waals surface area contributed by atoms with Gasteiger partial charge in [-0.15, -0.1) is 0 Å². The fourth-order valence-corrected chi connectivity index (χ4v) is 2.33. The van der Waals surface area contributed by atoms with E-state index in [1.54, 1.807) is 20.8 Å². The van der Waals surface area contributed by atoms with Gasteiger partial charge in [0.05, 0.1) is 5.41 Å². The van der Waals surface area contributed by atoms with Gasteiger partial charge in [-0.2, -0.15) is 0 Å². The van der Waals surface area contributed by atoms with Gasteiger partial charge in [0.2, 0.25) is 0 Å². The number of Topliss-reactive ketones (excluding diaryl/α,β-unsaturated/α-hetero) is 1. The molecule has 0 spiro atoms. The van der Waals surface area contributed by atoms with Crippen LogP contribution in [0.25, 0.3) is 0 Å². The van der Waals surface area contributed by atoms with E-state index in [0.717, 1.165) is 0 Å². The number of hydrogen-bond acceptors (Lipinski definition) is 3. The van der Waals surface area contributed by atoms with Crippen molar-refractivity contribution in [2.24, 2.45) is 0 Å². The molecule has 0 bridgehead atoms. The molecule has 0 aliphatic heterocycles. The Morgan fingerprint density at radius 3 is 2.38 bits per heavy atom. The molecule has 5 heteroatoms. The van der Waals surface area contributed by atoms with Crippen LogP contribution in [-0.2, 0) is 14.9 Å². The van der Waals surface area contributed by atoms with Gasteiger partial charge < -0.3 is 4.74 Å². The van der Waals surface area contributed by atoms with E-state index in [4.69, 9.17) is 4.74 Å². The maximum atomic E-state index is 14.0. The quantitative estimate of drug-likeness (QED) is 0.922. The summed E-state index contributed by atoms with van der Waals surface area (Å²) in [4.78, 5) is 23.5. The molecular formula is C16H20FNO3. The van der Waals surface area contributed by atoms with Gasteiger partial charge in [0, 0.05) is 11.3 Å². The lowest BCUT2D eigenvalue weighted by molar-refractivity contribution is -0.119. The molecule has 4 nitrogen and oxygen atoms in total. The van der Waals surface area contributed by atoms with Crippen molar-refractivity contribution in [3.05, 3.63) is 29.6 Å². The van der Waals surface area contributed by atoms with Crippen LogP contribution in [0.4, 0.5) is 14.9 Å². The first kappa shape index (κ1) is 15.5. The van der Waals surface area contributed by atoms with Crippen molar-refractivity contribution in [3.8, 4) is 0 Å². The highest BCUT2D eigenvalue weighted by molar-refractivity contribution is 5.92. The average Bonchev–Trinajstić information content (AvgIpc) is 3.10. The first-order chi connectivity index (χ1) is 9.64. The highest BCUT2D eigenvalue weighted by Crippen LogP contribution is 2.50. The van der Waals surface area contributed by atoms with E-state index < -0.39 is 22.9 Å². The molecule has 1 aliphatic carbocycles. The number of ketones is 1. The first-order valence-corrected chi connectivity index (χ1v) is 6.95. The Morgan fingerprint density at radius 1 is 1.29 bits per heavy atom.